The van der Waals surface area contributed by atoms with E-state index in [1.165, 1.54) is 57.8 Å². The summed E-state index contributed by atoms with van der Waals surface area (Å²) in [7, 11) is 0. The van der Waals surface area contributed by atoms with Gasteiger partial charge in [-0.2, -0.15) is 0 Å². The summed E-state index contributed by atoms with van der Waals surface area (Å²) in [5.74, 6) is 0.179. The maximum atomic E-state index is 11.6. The first-order valence-electron chi connectivity index (χ1n) is 11.5. The maximum absolute atomic E-state index is 11.6. The highest BCUT2D eigenvalue weighted by atomic mass is 16.1. The highest BCUT2D eigenvalue weighted by molar-refractivity contribution is 5.76. The van der Waals surface area contributed by atoms with E-state index in [9.17, 15) is 4.79 Å². The summed E-state index contributed by atoms with van der Waals surface area (Å²) in [6.07, 6.45) is 25.5. The van der Waals surface area contributed by atoms with Gasteiger partial charge in [-0.1, -0.05) is 83.6 Å². The maximum Gasteiger partial charge on any atom is 0.220 e. The lowest BCUT2D eigenvalue weighted by molar-refractivity contribution is -0.121. The van der Waals surface area contributed by atoms with E-state index in [2.05, 4.69) is 50.4 Å². The average Bonchev–Trinajstić information content (AvgIpc) is 3.33. The molecule has 0 aromatic heterocycles. The lowest BCUT2D eigenvalue weighted by atomic mass is 10.1. The normalized spacial score (nSPS) is 18.5. The van der Waals surface area contributed by atoms with Crippen molar-refractivity contribution in [2.24, 2.45) is 5.73 Å². The van der Waals surface area contributed by atoms with Crippen LogP contribution >= 0.6 is 0 Å². The van der Waals surface area contributed by atoms with Crippen molar-refractivity contribution in [2.45, 2.75) is 123 Å². The molecule has 1 fully saturated rings. The zero-order chi connectivity index (χ0) is 20.2. The monoisotopic (exact) mass is 378 g/mol. The Morgan fingerprint density at radius 1 is 0.889 bits per heavy atom. The quantitative estimate of drug-likeness (QED) is 0.255. The molecule has 0 unspecified atom stereocenters. The Balaban J connectivity index is 0.00000210. The third-order valence-corrected chi connectivity index (χ3v) is 4.54. The number of carbonyl (C=O) groups is 1. The number of unbranched alkanes of at least 4 members (excludes halogenated alkanes) is 8. The minimum atomic E-state index is 0.179. The molecule has 3 N–H and O–H groups in total. The first kappa shape index (κ1) is 25.9. The molecule has 3 nitrogen and oxygen atoms in total. The second kappa shape index (κ2) is 19.7. The van der Waals surface area contributed by atoms with E-state index in [0.717, 1.165) is 25.7 Å². The Kier molecular flexibility index (Phi) is 18.9. The number of rotatable bonds is 15. The second-order valence-corrected chi connectivity index (χ2v) is 7.76. The summed E-state index contributed by atoms with van der Waals surface area (Å²) in [6.45, 7) is 6.49. The fourth-order valence-electron chi connectivity index (χ4n) is 2.76. The molecule has 0 aliphatic heterocycles. The van der Waals surface area contributed by atoms with E-state index in [4.69, 9.17) is 5.73 Å². The molecule has 0 aromatic carbocycles. The van der Waals surface area contributed by atoms with Gasteiger partial charge in [0.15, 0.2) is 0 Å². The lowest BCUT2D eigenvalue weighted by Crippen LogP contribution is -2.29. The van der Waals surface area contributed by atoms with E-state index >= 15 is 0 Å². The zero-order valence-corrected chi connectivity index (χ0v) is 18.3. The minimum Gasteiger partial charge on any atom is -0.352 e. The largest absolute Gasteiger partial charge is 0.352 e. The molecule has 0 saturated heterocycles. The summed E-state index contributed by atoms with van der Waals surface area (Å²) in [6, 6.07) is 0.467. The van der Waals surface area contributed by atoms with Crippen molar-refractivity contribution in [1.82, 2.24) is 5.32 Å². The predicted molar refractivity (Wildman–Crippen MR) is 120 cm³/mol. The molecule has 1 rings (SSSR count). The van der Waals surface area contributed by atoms with Crippen LogP contribution in [0, 0.1) is 0 Å². The van der Waals surface area contributed by atoms with Gasteiger partial charge >= 0.3 is 0 Å². The van der Waals surface area contributed by atoms with Crippen molar-refractivity contribution in [3.63, 3.8) is 0 Å². The molecule has 1 saturated carbocycles. The summed E-state index contributed by atoms with van der Waals surface area (Å²) in [5, 5.41) is 2.97. The number of nitrogens with two attached hydrogens (primary N) is 1. The van der Waals surface area contributed by atoms with Crippen LogP contribution in [0.1, 0.15) is 111 Å². The Bertz CT molecular complexity index is 390. The molecule has 0 bridgehead atoms. The van der Waals surface area contributed by atoms with E-state index in [1.807, 2.05) is 0 Å². The van der Waals surface area contributed by atoms with E-state index in [0.29, 0.717) is 6.42 Å². The van der Waals surface area contributed by atoms with Crippen LogP contribution in [0.15, 0.2) is 24.3 Å². The molecule has 1 amide bonds. The molecular weight excluding hydrogens is 332 g/mol. The number of allylic oxidation sites excluding steroid dienone is 4. The van der Waals surface area contributed by atoms with Gasteiger partial charge in [-0.05, 0) is 44.9 Å². The van der Waals surface area contributed by atoms with Gasteiger partial charge in [-0.25, -0.2) is 0 Å². The van der Waals surface area contributed by atoms with Crippen molar-refractivity contribution >= 4 is 5.91 Å². The van der Waals surface area contributed by atoms with Crippen LogP contribution in [0.4, 0.5) is 0 Å². The predicted octanol–water partition coefficient (Wildman–Crippen LogP) is 6.43. The van der Waals surface area contributed by atoms with Crippen LogP contribution in [-0.2, 0) is 4.79 Å². The Morgan fingerprint density at radius 2 is 1.41 bits per heavy atom. The third-order valence-electron chi connectivity index (χ3n) is 4.54. The zero-order valence-electron chi connectivity index (χ0n) is 18.3. The highest BCUT2D eigenvalue weighted by Crippen LogP contribution is 2.18. The first-order valence-corrected chi connectivity index (χ1v) is 11.5. The molecule has 0 aromatic rings. The first-order chi connectivity index (χ1) is 13.2. The molecule has 0 radical (unpaired) electrons. The molecule has 0 heterocycles. The molecular formula is C24H46N2O. The summed E-state index contributed by atoms with van der Waals surface area (Å²) >= 11 is 0. The number of hydrogen-bond acceptors (Lipinski definition) is 2. The van der Waals surface area contributed by atoms with E-state index < -0.39 is 0 Å². The van der Waals surface area contributed by atoms with Gasteiger partial charge in [-0.3, -0.25) is 4.79 Å². The molecule has 0 spiro atoms. The van der Waals surface area contributed by atoms with Crippen molar-refractivity contribution < 1.29 is 4.79 Å². The minimum absolute atomic E-state index is 0.179. The van der Waals surface area contributed by atoms with Gasteiger partial charge in [0.2, 0.25) is 5.91 Å². The van der Waals surface area contributed by atoms with Crippen LogP contribution in [0.3, 0.4) is 0 Å². The van der Waals surface area contributed by atoms with Crippen LogP contribution in [0.5, 0.6) is 0 Å². The van der Waals surface area contributed by atoms with Crippen molar-refractivity contribution in [3.8, 4) is 0 Å². The van der Waals surface area contributed by atoms with Crippen molar-refractivity contribution in [1.29, 1.82) is 0 Å². The summed E-state index contributed by atoms with van der Waals surface area (Å²) < 4.78 is 0. The topological polar surface area (TPSA) is 55.1 Å². The standard InChI is InChI=1S/C21H38N2O.C3H8/c1-2-3-4-5-6-7-8-9-10-11-12-13-14-15-16-17-21(24)23-20-18-19(20)22;1-3-2/h6-7,9-10,19-20H,2-5,8,11-18,22H2,1H3,(H,23,24);3H2,1-2H3/b7-6-,10-9-;/t19-,20+;/m0./s1. The smallest absolute Gasteiger partial charge is 0.220 e. The van der Waals surface area contributed by atoms with Crippen molar-refractivity contribution in [2.75, 3.05) is 0 Å². The number of hydrogen-bond donors (Lipinski definition) is 2. The lowest BCUT2D eigenvalue weighted by Gasteiger charge is -2.03. The number of amides is 1. The van der Waals surface area contributed by atoms with Crippen LogP contribution < -0.4 is 11.1 Å². The summed E-state index contributed by atoms with van der Waals surface area (Å²) in [5.41, 5.74) is 5.68. The molecule has 1 aliphatic carbocycles. The van der Waals surface area contributed by atoms with Crippen molar-refractivity contribution in [3.05, 3.63) is 24.3 Å². The molecule has 3 heteroatoms. The van der Waals surface area contributed by atoms with Gasteiger partial charge in [-0.15, -0.1) is 0 Å². The molecule has 1 aliphatic rings. The fraction of sp³-hybridized carbons (Fsp3) is 0.792. The SMILES string of the molecule is CCC.CCCCC/C=C\C/C=C\CCCCCCCC(=O)N[C@@H]1C[C@@H]1N. The van der Waals surface area contributed by atoms with Gasteiger partial charge in [0.1, 0.15) is 0 Å². The Morgan fingerprint density at radius 3 is 1.96 bits per heavy atom. The molecule has 27 heavy (non-hydrogen) atoms. The third kappa shape index (κ3) is 19.5. The van der Waals surface area contributed by atoms with E-state index in [-0.39, 0.29) is 18.0 Å². The summed E-state index contributed by atoms with van der Waals surface area (Å²) in [4.78, 5) is 11.6. The van der Waals surface area contributed by atoms with Gasteiger partial charge in [0.25, 0.3) is 0 Å². The van der Waals surface area contributed by atoms with Crippen LogP contribution in [0.2, 0.25) is 0 Å². The van der Waals surface area contributed by atoms with Crippen LogP contribution in [0.25, 0.3) is 0 Å². The van der Waals surface area contributed by atoms with Gasteiger partial charge in [0.05, 0.1) is 0 Å². The van der Waals surface area contributed by atoms with Crippen LogP contribution in [-0.4, -0.2) is 18.0 Å². The highest BCUT2D eigenvalue weighted by Gasteiger charge is 2.34. The number of nitrogens with one attached hydrogen (secondary N) is 1. The molecule has 158 valence electrons. The van der Waals surface area contributed by atoms with Gasteiger partial charge < -0.3 is 11.1 Å². The Labute approximate surface area is 169 Å². The van der Waals surface area contributed by atoms with E-state index in [1.54, 1.807) is 0 Å². The Hall–Kier alpha value is -1.09. The average molecular weight is 379 g/mol. The second-order valence-electron chi connectivity index (χ2n) is 7.76. The van der Waals surface area contributed by atoms with Gasteiger partial charge in [0, 0.05) is 18.5 Å². The number of carbonyl (C=O) groups excluding carboxylic acids is 1. The fourth-order valence-corrected chi connectivity index (χ4v) is 2.76. The molecule has 2 atom stereocenters.